The van der Waals surface area contributed by atoms with Gasteiger partial charge >= 0.3 is 0 Å². The molecule has 3 aromatic heterocycles. The molecule has 0 amide bonds. The number of thiazole rings is 1. The molecule has 12 heteroatoms. The molecule has 9 nitrogen and oxygen atoms in total. The van der Waals surface area contributed by atoms with Crippen molar-refractivity contribution in [3.63, 3.8) is 0 Å². The number of nitrogens with zero attached hydrogens (tertiary/aromatic N) is 6. The number of carbonyl (C=O) groups excluding carboxylic acids is 1. The Morgan fingerprint density at radius 2 is 1.92 bits per heavy atom. The number of piperidine rings is 1. The lowest BCUT2D eigenvalue weighted by atomic mass is 9.66. The van der Waals surface area contributed by atoms with Crippen molar-refractivity contribution in [1.82, 2.24) is 28.9 Å². The van der Waals surface area contributed by atoms with Gasteiger partial charge in [0.25, 0.3) is 10.0 Å². The maximum absolute atomic E-state index is 14.2. The predicted octanol–water partition coefficient (Wildman–Crippen LogP) is 3.72. The van der Waals surface area contributed by atoms with Crippen molar-refractivity contribution in [3.05, 3.63) is 81.0 Å². The van der Waals surface area contributed by atoms with Crippen molar-refractivity contribution < 1.29 is 17.6 Å². The molecule has 1 atom stereocenters. The predicted molar refractivity (Wildman–Crippen MR) is 140 cm³/mol. The van der Waals surface area contributed by atoms with Gasteiger partial charge in [-0.05, 0) is 68.7 Å². The smallest absolute Gasteiger partial charge is 0.260 e. The highest BCUT2D eigenvalue weighted by Crippen LogP contribution is 2.47. The Morgan fingerprint density at radius 3 is 2.58 bits per heavy atom. The summed E-state index contributed by atoms with van der Waals surface area (Å²) in [4.78, 5) is 19.4. The van der Waals surface area contributed by atoms with Crippen LogP contribution < -0.4 is 0 Å². The summed E-state index contributed by atoms with van der Waals surface area (Å²) in [5.41, 5.74) is 2.65. The molecule has 196 valence electrons. The van der Waals surface area contributed by atoms with Gasteiger partial charge < -0.3 is 0 Å². The first-order chi connectivity index (χ1) is 18.1. The van der Waals surface area contributed by atoms with E-state index in [9.17, 15) is 17.6 Å². The van der Waals surface area contributed by atoms with Crippen molar-refractivity contribution in [1.29, 1.82) is 0 Å². The van der Waals surface area contributed by atoms with Crippen molar-refractivity contribution in [2.45, 2.75) is 31.7 Å². The molecule has 0 bridgehead atoms. The standard InChI is InChI=1S/C26H25FN6O3S2/c1-16-10-23(31(3)30-16)38(35,36)32-9-8-19-11-22-18(14-29-33(22)21-6-4-20(27)5-7-21)12-26(19,15-32)24(34)25-28-13-17(2)37-25/h4-7,10-11,13-14H,8-9,12,15H2,1-3H3/t26-/m0/s1. The molecule has 0 unspecified atom stereocenters. The van der Waals surface area contributed by atoms with Gasteiger partial charge in [-0.25, -0.2) is 22.5 Å². The summed E-state index contributed by atoms with van der Waals surface area (Å²) < 4.78 is 45.5. The number of aryl methyl sites for hydroxylation is 3. The van der Waals surface area contributed by atoms with E-state index in [2.05, 4.69) is 15.2 Å². The van der Waals surface area contributed by atoms with Gasteiger partial charge in [0.05, 0.1) is 28.7 Å². The van der Waals surface area contributed by atoms with Crippen LogP contribution in [0.5, 0.6) is 0 Å². The maximum atomic E-state index is 14.2. The summed E-state index contributed by atoms with van der Waals surface area (Å²) in [6.07, 6.45) is 5.97. The minimum absolute atomic E-state index is 0.00990. The number of aromatic nitrogens is 5. The number of rotatable bonds is 5. The summed E-state index contributed by atoms with van der Waals surface area (Å²) in [7, 11) is -2.31. The van der Waals surface area contributed by atoms with Crippen molar-refractivity contribution in [3.8, 4) is 5.69 Å². The fourth-order valence-electron chi connectivity index (χ4n) is 5.43. The Balaban J connectivity index is 1.46. The van der Waals surface area contributed by atoms with E-state index in [0.29, 0.717) is 22.8 Å². The van der Waals surface area contributed by atoms with E-state index in [-0.39, 0.29) is 36.1 Å². The molecule has 0 radical (unpaired) electrons. The van der Waals surface area contributed by atoms with E-state index >= 15 is 0 Å². The Labute approximate surface area is 223 Å². The van der Waals surface area contributed by atoms with Crippen molar-refractivity contribution >= 4 is 33.2 Å². The zero-order valence-corrected chi connectivity index (χ0v) is 22.7. The minimum atomic E-state index is -3.91. The number of halogens is 1. The molecule has 6 rings (SSSR count). The normalized spacial score (nSPS) is 19.6. The first-order valence-electron chi connectivity index (χ1n) is 12.1. The van der Waals surface area contributed by atoms with Crippen LogP contribution in [-0.2, 0) is 23.5 Å². The van der Waals surface area contributed by atoms with Gasteiger partial charge in [-0.1, -0.05) is 5.57 Å². The topological polar surface area (TPSA) is 103 Å². The van der Waals surface area contributed by atoms with Gasteiger partial charge in [0, 0.05) is 31.2 Å². The van der Waals surface area contributed by atoms with Gasteiger partial charge in [0.15, 0.2) is 10.0 Å². The van der Waals surface area contributed by atoms with Crippen LogP contribution in [0.2, 0.25) is 0 Å². The monoisotopic (exact) mass is 552 g/mol. The van der Waals surface area contributed by atoms with Gasteiger partial charge in [-0.3, -0.25) is 9.48 Å². The molecule has 1 fully saturated rings. The molecule has 0 spiro atoms. The van der Waals surface area contributed by atoms with E-state index in [1.54, 1.807) is 49.2 Å². The summed E-state index contributed by atoms with van der Waals surface area (Å²) in [6, 6.07) is 7.60. The first-order valence-corrected chi connectivity index (χ1v) is 14.4. The molecule has 1 aliphatic heterocycles. The highest BCUT2D eigenvalue weighted by Gasteiger charge is 2.52. The SMILES string of the molecule is Cc1cc(S(=O)(=O)N2CCC3=Cc4c(cnn4-c4ccc(F)cc4)C[C@]3(C(=O)c3ncc(C)s3)C2)n(C)n1. The minimum Gasteiger partial charge on any atom is -0.290 e. The third-order valence-corrected chi connectivity index (χ3v) is 10.1. The Hall–Kier alpha value is -3.48. The second-order valence-electron chi connectivity index (χ2n) is 9.81. The summed E-state index contributed by atoms with van der Waals surface area (Å²) in [6.45, 7) is 3.85. The number of benzene rings is 1. The summed E-state index contributed by atoms with van der Waals surface area (Å²) in [5, 5.41) is 9.20. The first kappa shape index (κ1) is 24.8. The highest BCUT2D eigenvalue weighted by molar-refractivity contribution is 7.89. The molecular weight excluding hydrogens is 527 g/mol. The van der Waals surface area contributed by atoms with E-state index < -0.39 is 15.4 Å². The Bertz CT molecular complexity index is 1720. The van der Waals surface area contributed by atoms with E-state index in [1.165, 1.54) is 32.5 Å². The third kappa shape index (κ3) is 3.86. The van der Waals surface area contributed by atoms with Crippen molar-refractivity contribution in [2.24, 2.45) is 12.5 Å². The number of hydrogen-bond acceptors (Lipinski definition) is 7. The number of carbonyl (C=O) groups is 1. The van der Waals surface area contributed by atoms with Crippen LogP contribution in [0.1, 0.15) is 38.1 Å². The van der Waals surface area contributed by atoms with Crippen LogP contribution in [0.3, 0.4) is 0 Å². The van der Waals surface area contributed by atoms with Gasteiger partial charge in [-0.15, -0.1) is 11.3 Å². The number of fused-ring (bicyclic) bond motifs is 2. The van der Waals surface area contributed by atoms with Crippen LogP contribution in [-0.4, -0.2) is 56.1 Å². The molecule has 0 saturated carbocycles. The Morgan fingerprint density at radius 1 is 1.16 bits per heavy atom. The van der Waals surface area contributed by atoms with Crippen LogP contribution in [0.4, 0.5) is 4.39 Å². The van der Waals surface area contributed by atoms with Crippen LogP contribution >= 0.6 is 11.3 Å². The lowest BCUT2D eigenvalue weighted by Gasteiger charge is -2.44. The largest absolute Gasteiger partial charge is 0.290 e. The molecule has 38 heavy (non-hydrogen) atoms. The fraction of sp³-hybridized carbons (Fsp3) is 0.308. The number of sulfonamides is 1. The lowest BCUT2D eigenvalue weighted by molar-refractivity contribution is 0.0775. The van der Waals surface area contributed by atoms with Gasteiger partial charge in [0.1, 0.15) is 5.82 Å². The third-order valence-electron chi connectivity index (χ3n) is 7.27. The zero-order valence-electron chi connectivity index (χ0n) is 21.0. The molecule has 1 saturated heterocycles. The average Bonchev–Trinajstić information content (AvgIpc) is 3.60. The zero-order chi connectivity index (χ0) is 26.8. The van der Waals surface area contributed by atoms with Gasteiger partial charge in [0.2, 0.25) is 5.78 Å². The Kier molecular flexibility index (Phi) is 5.74. The summed E-state index contributed by atoms with van der Waals surface area (Å²) in [5.74, 6) is -0.531. The molecule has 0 N–H and O–H groups in total. The maximum Gasteiger partial charge on any atom is 0.260 e. The van der Waals surface area contributed by atoms with E-state index in [4.69, 9.17) is 0 Å². The van der Waals surface area contributed by atoms with Crippen LogP contribution in [0.25, 0.3) is 11.8 Å². The molecular formula is C26H25FN6O3S2. The number of Topliss-reactive ketones (excluding diaryl/α,β-unsaturated/α-hetero) is 1. The number of hydrogen-bond donors (Lipinski definition) is 0. The second kappa shape index (κ2) is 8.79. The molecule has 4 heterocycles. The average molecular weight is 553 g/mol. The van der Waals surface area contributed by atoms with E-state index in [0.717, 1.165) is 21.7 Å². The molecule has 1 aromatic carbocycles. The molecule has 2 aliphatic rings. The molecule has 1 aliphatic carbocycles. The number of ketones is 1. The quantitative estimate of drug-likeness (QED) is 0.350. The van der Waals surface area contributed by atoms with Crippen molar-refractivity contribution in [2.75, 3.05) is 13.1 Å². The second-order valence-corrected chi connectivity index (χ2v) is 12.9. The lowest BCUT2D eigenvalue weighted by Crippen LogP contribution is -2.53. The highest BCUT2D eigenvalue weighted by atomic mass is 32.2. The van der Waals surface area contributed by atoms with Crippen LogP contribution in [0, 0.1) is 25.1 Å². The molecule has 4 aromatic rings. The fourth-order valence-corrected chi connectivity index (χ4v) is 7.92. The van der Waals surface area contributed by atoms with Gasteiger partial charge in [-0.2, -0.15) is 14.5 Å². The van der Waals surface area contributed by atoms with E-state index in [1.807, 2.05) is 13.0 Å². The summed E-state index contributed by atoms with van der Waals surface area (Å²) >= 11 is 1.31. The van der Waals surface area contributed by atoms with Crippen LogP contribution in [0.15, 0.2) is 53.3 Å².